The number of anilines is 1. The molecule has 0 saturated heterocycles. The number of hydrogen-bond acceptors (Lipinski definition) is 2. The first-order valence-corrected chi connectivity index (χ1v) is 7.28. The van der Waals surface area contributed by atoms with E-state index in [9.17, 15) is 9.90 Å². The van der Waals surface area contributed by atoms with Gasteiger partial charge in [0, 0.05) is 10.7 Å². The largest absolute Gasteiger partial charge is 0.480 e. The maximum atomic E-state index is 11.3. The Kier molecular flexibility index (Phi) is 7.16. The Morgan fingerprint density at radius 1 is 1.40 bits per heavy atom. The topological polar surface area (TPSA) is 49.3 Å². The van der Waals surface area contributed by atoms with Gasteiger partial charge < -0.3 is 10.4 Å². The first kappa shape index (κ1) is 16.6. The number of benzene rings is 1. The van der Waals surface area contributed by atoms with Crippen molar-refractivity contribution in [2.45, 2.75) is 45.1 Å². The van der Waals surface area contributed by atoms with Crippen LogP contribution in [-0.2, 0) is 4.79 Å². The monoisotopic (exact) mass is 295 g/mol. The molecule has 0 aliphatic carbocycles. The Bertz CT molecular complexity index is 440. The minimum atomic E-state index is -0.827. The molecule has 0 aromatic heterocycles. The lowest BCUT2D eigenvalue weighted by molar-refractivity contribution is -0.138. The molecule has 0 aliphatic heterocycles. The van der Waals surface area contributed by atoms with Gasteiger partial charge in [-0.05, 0) is 49.9 Å². The van der Waals surface area contributed by atoms with Crippen LogP contribution < -0.4 is 5.32 Å². The summed E-state index contributed by atoms with van der Waals surface area (Å²) in [6.45, 7) is 5.61. The summed E-state index contributed by atoms with van der Waals surface area (Å²) in [4.78, 5) is 11.3. The lowest BCUT2D eigenvalue weighted by atomic mass is 10.1. The number of carbonyl (C=O) groups is 1. The molecule has 0 bridgehead atoms. The molecule has 0 fully saturated rings. The second-order valence-electron chi connectivity index (χ2n) is 4.98. The lowest BCUT2D eigenvalue weighted by Gasteiger charge is -2.16. The van der Waals surface area contributed by atoms with Crippen LogP contribution in [0.2, 0.25) is 5.02 Å². The number of nitrogens with one attached hydrogen (secondary N) is 1. The maximum Gasteiger partial charge on any atom is 0.326 e. The third-order valence-corrected chi connectivity index (χ3v) is 3.30. The molecular weight excluding hydrogens is 274 g/mol. The predicted molar refractivity (Wildman–Crippen MR) is 84.5 cm³/mol. The van der Waals surface area contributed by atoms with E-state index in [4.69, 9.17) is 11.6 Å². The zero-order valence-electron chi connectivity index (χ0n) is 11.9. The molecule has 0 aliphatic rings. The van der Waals surface area contributed by atoms with E-state index in [0.29, 0.717) is 11.4 Å². The van der Waals surface area contributed by atoms with Crippen LogP contribution in [0, 0.1) is 6.92 Å². The van der Waals surface area contributed by atoms with Crippen molar-refractivity contribution in [1.29, 1.82) is 0 Å². The molecule has 0 unspecified atom stereocenters. The van der Waals surface area contributed by atoms with Crippen molar-refractivity contribution in [3.05, 3.63) is 41.4 Å². The third-order valence-electron chi connectivity index (χ3n) is 3.08. The van der Waals surface area contributed by atoms with E-state index in [-0.39, 0.29) is 0 Å². The zero-order chi connectivity index (χ0) is 15.0. The Balaban J connectivity index is 2.54. The van der Waals surface area contributed by atoms with E-state index < -0.39 is 12.0 Å². The fourth-order valence-corrected chi connectivity index (χ4v) is 2.38. The summed E-state index contributed by atoms with van der Waals surface area (Å²) < 4.78 is 0. The standard InChI is InChI=1S/C16H22ClNO2/c1-3-4-5-6-7-8-15(16(19)20)18-14-10-12(2)9-13(17)11-14/h3,9-11,15,18H,1,4-8H2,2H3,(H,19,20)/t15-/m0/s1. The van der Waals surface area contributed by atoms with Crippen LogP contribution in [0.4, 0.5) is 5.69 Å². The Morgan fingerprint density at radius 3 is 2.75 bits per heavy atom. The van der Waals surface area contributed by atoms with Gasteiger partial charge in [-0.25, -0.2) is 4.79 Å². The highest BCUT2D eigenvalue weighted by molar-refractivity contribution is 6.30. The first-order chi connectivity index (χ1) is 9.52. The van der Waals surface area contributed by atoms with Crippen LogP contribution in [0.15, 0.2) is 30.9 Å². The van der Waals surface area contributed by atoms with Crippen molar-refractivity contribution in [3.8, 4) is 0 Å². The molecule has 4 heteroatoms. The van der Waals surface area contributed by atoms with Crippen molar-refractivity contribution in [2.24, 2.45) is 0 Å². The highest BCUT2D eigenvalue weighted by atomic mass is 35.5. The van der Waals surface area contributed by atoms with Gasteiger partial charge in [0.1, 0.15) is 6.04 Å². The van der Waals surface area contributed by atoms with Crippen molar-refractivity contribution in [3.63, 3.8) is 0 Å². The third kappa shape index (κ3) is 6.11. The number of carboxylic acids is 1. The van der Waals surface area contributed by atoms with E-state index in [1.165, 1.54) is 0 Å². The molecule has 1 aromatic carbocycles. The average molecular weight is 296 g/mol. The fourth-order valence-electron chi connectivity index (χ4n) is 2.09. The summed E-state index contributed by atoms with van der Waals surface area (Å²) in [6, 6.07) is 4.93. The van der Waals surface area contributed by atoms with Crippen LogP contribution in [-0.4, -0.2) is 17.1 Å². The molecule has 0 heterocycles. The molecule has 2 N–H and O–H groups in total. The molecule has 0 amide bonds. The van der Waals surface area contributed by atoms with Crippen LogP contribution >= 0.6 is 11.6 Å². The highest BCUT2D eigenvalue weighted by Crippen LogP contribution is 2.20. The summed E-state index contributed by atoms with van der Waals surface area (Å²) >= 11 is 5.98. The molecule has 1 atom stereocenters. The summed E-state index contributed by atoms with van der Waals surface area (Å²) in [7, 11) is 0. The van der Waals surface area contributed by atoms with E-state index in [1.807, 2.05) is 25.1 Å². The SMILES string of the molecule is C=CCCCCC[C@H](Nc1cc(C)cc(Cl)c1)C(=O)O. The summed E-state index contributed by atoms with van der Waals surface area (Å²) in [5, 5.41) is 12.9. The summed E-state index contributed by atoms with van der Waals surface area (Å²) in [5.74, 6) is -0.827. The molecular formula is C16H22ClNO2. The predicted octanol–water partition coefficient (Wildman–Crippen LogP) is 4.65. The normalized spacial score (nSPS) is 11.9. The minimum absolute atomic E-state index is 0.573. The second kappa shape index (κ2) is 8.64. The molecule has 3 nitrogen and oxygen atoms in total. The summed E-state index contributed by atoms with van der Waals surface area (Å²) in [5.41, 5.74) is 1.77. The number of halogens is 1. The van der Waals surface area contributed by atoms with E-state index in [2.05, 4.69) is 11.9 Å². The average Bonchev–Trinajstić information content (AvgIpc) is 2.35. The Morgan fingerprint density at radius 2 is 2.15 bits per heavy atom. The van der Waals surface area contributed by atoms with Gasteiger partial charge in [0.05, 0.1) is 0 Å². The van der Waals surface area contributed by atoms with E-state index in [1.54, 1.807) is 6.07 Å². The van der Waals surface area contributed by atoms with Crippen molar-refractivity contribution in [1.82, 2.24) is 0 Å². The molecule has 20 heavy (non-hydrogen) atoms. The van der Waals surface area contributed by atoms with Crippen molar-refractivity contribution >= 4 is 23.3 Å². The van der Waals surface area contributed by atoms with Gasteiger partial charge >= 0.3 is 5.97 Å². The smallest absolute Gasteiger partial charge is 0.326 e. The van der Waals surface area contributed by atoms with Gasteiger partial charge in [-0.3, -0.25) is 0 Å². The van der Waals surface area contributed by atoms with Gasteiger partial charge in [0.15, 0.2) is 0 Å². The number of allylic oxidation sites excluding steroid dienone is 1. The fraction of sp³-hybridized carbons (Fsp3) is 0.438. The molecule has 0 radical (unpaired) electrons. The quantitative estimate of drug-likeness (QED) is 0.515. The first-order valence-electron chi connectivity index (χ1n) is 6.90. The maximum absolute atomic E-state index is 11.3. The lowest BCUT2D eigenvalue weighted by Crippen LogP contribution is -2.29. The van der Waals surface area contributed by atoms with E-state index >= 15 is 0 Å². The molecule has 0 saturated carbocycles. The summed E-state index contributed by atoms with van der Waals surface area (Å²) in [6.07, 6.45) is 6.45. The number of aliphatic carboxylic acids is 1. The van der Waals surface area contributed by atoms with Gasteiger partial charge in [-0.15, -0.1) is 6.58 Å². The van der Waals surface area contributed by atoms with Crippen LogP contribution in [0.25, 0.3) is 0 Å². The van der Waals surface area contributed by atoms with Gasteiger partial charge in [-0.2, -0.15) is 0 Å². The number of carboxylic acid groups (broad SMARTS) is 1. The zero-order valence-corrected chi connectivity index (χ0v) is 12.6. The Labute approximate surface area is 125 Å². The molecule has 110 valence electrons. The van der Waals surface area contributed by atoms with E-state index in [0.717, 1.165) is 36.9 Å². The number of rotatable bonds is 9. The minimum Gasteiger partial charge on any atom is -0.480 e. The van der Waals surface area contributed by atoms with Gasteiger partial charge in [0.25, 0.3) is 0 Å². The molecule has 1 aromatic rings. The van der Waals surface area contributed by atoms with Crippen LogP contribution in [0.5, 0.6) is 0 Å². The van der Waals surface area contributed by atoms with Crippen molar-refractivity contribution in [2.75, 3.05) is 5.32 Å². The number of aryl methyl sites for hydroxylation is 1. The number of hydrogen-bond donors (Lipinski definition) is 2. The van der Waals surface area contributed by atoms with Crippen molar-refractivity contribution < 1.29 is 9.90 Å². The second-order valence-corrected chi connectivity index (χ2v) is 5.42. The number of unbranched alkanes of at least 4 members (excludes halogenated alkanes) is 3. The van der Waals surface area contributed by atoms with Crippen LogP contribution in [0.3, 0.4) is 0 Å². The van der Waals surface area contributed by atoms with Gasteiger partial charge in [-0.1, -0.05) is 30.5 Å². The van der Waals surface area contributed by atoms with Crippen LogP contribution in [0.1, 0.15) is 37.7 Å². The van der Waals surface area contributed by atoms with Gasteiger partial charge in [0.2, 0.25) is 0 Å². The molecule has 0 spiro atoms. The molecule has 1 rings (SSSR count). The Hall–Kier alpha value is -1.48. The highest BCUT2D eigenvalue weighted by Gasteiger charge is 2.16.